The average Bonchev–Trinajstić information content (AvgIpc) is 3.02. The van der Waals surface area contributed by atoms with Gasteiger partial charge in [0, 0.05) is 5.56 Å². The fourth-order valence-corrected chi connectivity index (χ4v) is 2.01. The lowest BCUT2D eigenvalue weighted by molar-refractivity contribution is -0.139. The zero-order valence-corrected chi connectivity index (χ0v) is 13.6. The second-order valence-corrected chi connectivity index (χ2v) is 5.04. The van der Waals surface area contributed by atoms with Crippen molar-refractivity contribution in [2.75, 3.05) is 13.7 Å². The van der Waals surface area contributed by atoms with Gasteiger partial charge in [-0.15, -0.1) is 0 Å². The van der Waals surface area contributed by atoms with Crippen molar-refractivity contribution in [2.24, 2.45) is 0 Å². The Morgan fingerprint density at radius 3 is 2.64 bits per heavy atom. The third-order valence-corrected chi connectivity index (χ3v) is 3.18. The molecule has 0 atom stereocenters. The minimum atomic E-state index is -4.52. The molecule has 0 saturated carbocycles. The molecule has 0 bridgehead atoms. The maximum absolute atomic E-state index is 13.0. The molecule has 0 aliphatic rings. The first-order valence-corrected chi connectivity index (χ1v) is 7.25. The molecule has 25 heavy (non-hydrogen) atoms. The van der Waals surface area contributed by atoms with Gasteiger partial charge in [0.1, 0.15) is 12.1 Å². The second kappa shape index (κ2) is 7.37. The number of methoxy groups -OCH3 is 1. The van der Waals surface area contributed by atoms with Crippen LogP contribution in [-0.2, 0) is 22.3 Å². The summed E-state index contributed by atoms with van der Waals surface area (Å²) in [6.45, 7) is 5.49. The summed E-state index contributed by atoms with van der Waals surface area (Å²) in [7, 11) is 1.27. The predicted molar refractivity (Wildman–Crippen MR) is 82.8 cm³/mol. The average molecular weight is 355 g/mol. The van der Waals surface area contributed by atoms with Crippen LogP contribution < -0.4 is 4.74 Å². The summed E-state index contributed by atoms with van der Waals surface area (Å²) in [6, 6.07) is 3.22. The van der Waals surface area contributed by atoms with Gasteiger partial charge in [-0.25, -0.2) is 14.5 Å². The molecule has 9 heteroatoms. The van der Waals surface area contributed by atoms with Crippen molar-refractivity contribution in [3.05, 3.63) is 42.2 Å². The Balaban J connectivity index is 2.27. The molecule has 0 radical (unpaired) electrons. The first-order valence-electron chi connectivity index (χ1n) is 7.25. The van der Waals surface area contributed by atoms with E-state index in [-0.39, 0.29) is 35.9 Å². The van der Waals surface area contributed by atoms with Crippen molar-refractivity contribution in [3.63, 3.8) is 0 Å². The topological polar surface area (TPSA) is 66.2 Å². The van der Waals surface area contributed by atoms with Crippen LogP contribution in [-0.4, -0.2) is 34.5 Å². The van der Waals surface area contributed by atoms with Gasteiger partial charge in [0.05, 0.1) is 31.4 Å². The van der Waals surface area contributed by atoms with E-state index in [2.05, 4.69) is 16.7 Å². The Hall–Kier alpha value is -2.84. The van der Waals surface area contributed by atoms with Gasteiger partial charge in [0.15, 0.2) is 5.82 Å². The third-order valence-electron chi connectivity index (χ3n) is 3.18. The molecule has 0 aliphatic carbocycles. The number of esters is 1. The van der Waals surface area contributed by atoms with Crippen LogP contribution in [0.1, 0.15) is 12.5 Å². The number of alkyl halides is 3. The molecule has 0 N–H and O–H groups in total. The number of carbonyl (C=O) groups is 1. The lowest BCUT2D eigenvalue weighted by Gasteiger charge is -2.10. The monoisotopic (exact) mass is 355 g/mol. The number of rotatable bonds is 6. The van der Waals surface area contributed by atoms with Gasteiger partial charge in [0.2, 0.25) is 0 Å². The van der Waals surface area contributed by atoms with Crippen LogP contribution in [0.5, 0.6) is 5.75 Å². The fraction of sp³-hybridized carbons (Fsp3) is 0.312. The minimum absolute atomic E-state index is 0.0158. The van der Waals surface area contributed by atoms with Crippen LogP contribution in [0.25, 0.3) is 11.4 Å². The van der Waals surface area contributed by atoms with Crippen LogP contribution in [0.3, 0.4) is 0 Å². The minimum Gasteiger partial charge on any atom is -0.497 e. The van der Waals surface area contributed by atoms with E-state index < -0.39 is 17.7 Å². The van der Waals surface area contributed by atoms with E-state index in [9.17, 15) is 18.0 Å². The summed E-state index contributed by atoms with van der Waals surface area (Å²) in [5, 5.41) is 4.08. The van der Waals surface area contributed by atoms with Gasteiger partial charge in [-0.05, 0) is 25.1 Å². The van der Waals surface area contributed by atoms with E-state index in [0.717, 1.165) is 12.1 Å². The first kappa shape index (κ1) is 18.5. The summed E-state index contributed by atoms with van der Waals surface area (Å²) in [5.74, 6) is -0.460. The van der Waals surface area contributed by atoms with Crippen molar-refractivity contribution < 1.29 is 27.4 Å². The summed E-state index contributed by atoms with van der Waals surface area (Å²) < 4.78 is 49.9. The molecule has 2 rings (SSSR count). The Morgan fingerprint density at radius 2 is 2.04 bits per heavy atom. The van der Waals surface area contributed by atoms with E-state index in [0.29, 0.717) is 0 Å². The molecule has 0 unspecified atom stereocenters. The molecule has 2 aromatic rings. The largest absolute Gasteiger partial charge is 0.497 e. The molecule has 0 amide bonds. The van der Waals surface area contributed by atoms with Gasteiger partial charge < -0.3 is 9.47 Å². The smallest absolute Gasteiger partial charge is 0.416 e. The van der Waals surface area contributed by atoms with Crippen molar-refractivity contribution in [1.82, 2.24) is 14.8 Å². The number of hydrogen-bond donors (Lipinski definition) is 0. The van der Waals surface area contributed by atoms with Crippen LogP contribution in [0.4, 0.5) is 13.2 Å². The second-order valence-electron chi connectivity index (χ2n) is 5.04. The highest BCUT2D eigenvalue weighted by molar-refractivity contribution is 5.87. The third kappa shape index (κ3) is 4.59. The first-order chi connectivity index (χ1) is 11.7. The number of carbonyl (C=O) groups excluding carboxylic acids is 1. The number of nitrogens with zero attached hydrogens (tertiary/aromatic N) is 3. The Labute approximate surface area is 141 Å². The molecule has 1 aromatic carbocycles. The fourth-order valence-electron chi connectivity index (χ4n) is 2.01. The highest BCUT2D eigenvalue weighted by Gasteiger charge is 2.31. The molecule has 6 nitrogen and oxygen atoms in total. The molecule has 0 fully saturated rings. The van der Waals surface area contributed by atoms with E-state index in [1.807, 2.05) is 0 Å². The zero-order chi connectivity index (χ0) is 18.6. The summed E-state index contributed by atoms with van der Waals surface area (Å²) >= 11 is 0. The molecule has 134 valence electrons. The summed E-state index contributed by atoms with van der Waals surface area (Å²) in [5.41, 5.74) is -0.568. The molecular formula is C16H16F3N3O3. The lowest BCUT2D eigenvalue weighted by Crippen LogP contribution is -2.12. The number of benzene rings is 1. The lowest BCUT2D eigenvalue weighted by atomic mass is 10.1. The highest BCUT2D eigenvalue weighted by Crippen LogP contribution is 2.34. The number of ether oxygens (including phenoxy) is 2. The maximum atomic E-state index is 13.0. The Kier molecular flexibility index (Phi) is 5.45. The van der Waals surface area contributed by atoms with Crippen LogP contribution >= 0.6 is 0 Å². The van der Waals surface area contributed by atoms with Crippen molar-refractivity contribution in [1.29, 1.82) is 0 Å². The van der Waals surface area contributed by atoms with Gasteiger partial charge in [-0.3, -0.25) is 0 Å². The van der Waals surface area contributed by atoms with Crippen LogP contribution in [0.15, 0.2) is 36.7 Å². The molecule has 0 saturated heterocycles. The van der Waals surface area contributed by atoms with Crippen LogP contribution in [0.2, 0.25) is 0 Å². The number of aromatic nitrogens is 3. The number of halogens is 3. The van der Waals surface area contributed by atoms with E-state index in [1.54, 1.807) is 6.92 Å². The van der Waals surface area contributed by atoms with Gasteiger partial charge >= 0.3 is 12.1 Å². The van der Waals surface area contributed by atoms with Gasteiger partial charge in [-0.1, -0.05) is 6.58 Å². The summed E-state index contributed by atoms with van der Waals surface area (Å²) in [6.07, 6.45) is -3.23. The normalized spacial score (nSPS) is 11.2. The van der Waals surface area contributed by atoms with E-state index in [4.69, 9.17) is 9.47 Å². The summed E-state index contributed by atoms with van der Waals surface area (Å²) in [4.78, 5) is 15.5. The van der Waals surface area contributed by atoms with E-state index in [1.165, 1.54) is 24.2 Å². The number of hydrogen-bond acceptors (Lipinski definition) is 5. The molecule has 0 spiro atoms. The SMILES string of the molecule is C=C(Cn1cnc(-c2cc(OC)cc(C(F)(F)F)c2)n1)C(=O)OCC. The quantitative estimate of drug-likeness (QED) is 0.588. The molecular weight excluding hydrogens is 339 g/mol. The zero-order valence-electron chi connectivity index (χ0n) is 13.6. The predicted octanol–water partition coefficient (Wildman–Crippen LogP) is 3.09. The van der Waals surface area contributed by atoms with Crippen molar-refractivity contribution in [3.8, 4) is 17.1 Å². The Morgan fingerprint density at radius 1 is 1.32 bits per heavy atom. The molecule has 1 aromatic heterocycles. The molecule has 0 aliphatic heterocycles. The van der Waals surface area contributed by atoms with Gasteiger partial charge in [0.25, 0.3) is 0 Å². The van der Waals surface area contributed by atoms with Gasteiger partial charge in [-0.2, -0.15) is 18.3 Å². The molecule has 1 heterocycles. The van der Waals surface area contributed by atoms with E-state index >= 15 is 0 Å². The van der Waals surface area contributed by atoms with Crippen molar-refractivity contribution in [2.45, 2.75) is 19.6 Å². The maximum Gasteiger partial charge on any atom is 0.416 e. The van der Waals surface area contributed by atoms with Crippen LogP contribution in [0, 0.1) is 0 Å². The standard InChI is InChI=1S/C16H16F3N3O3/c1-4-25-15(23)10(2)8-22-9-20-14(21-22)11-5-12(16(17,18)19)7-13(6-11)24-3/h5-7,9H,2,4,8H2,1,3H3. The van der Waals surface area contributed by atoms with Crippen molar-refractivity contribution >= 4 is 5.97 Å². The highest BCUT2D eigenvalue weighted by atomic mass is 19.4. The Bertz CT molecular complexity index is 784.